The van der Waals surface area contributed by atoms with E-state index in [4.69, 9.17) is 4.74 Å². The summed E-state index contributed by atoms with van der Waals surface area (Å²) in [6.45, 7) is 4.15. The van der Waals surface area contributed by atoms with Gasteiger partial charge in [-0.3, -0.25) is 4.79 Å². The summed E-state index contributed by atoms with van der Waals surface area (Å²) >= 11 is 0. The van der Waals surface area contributed by atoms with Gasteiger partial charge in [0, 0.05) is 6.42 Å². The highest BCUT2D eigenvalue weighted by atomic mass is 16.5. The van der Waals surface area contributed by atoms with E-state index < -0.39 is 0 Å². The lowest BCUT2D eigenvalue weighted by Crippen LogP contribution is -2.26. The van der Waals surface area contributed by atoms with Gasteiger partial charge in [0.05, 0.1) is 0 Å². The third-order valence-electron chi connectivity index (χ3n) is 7.70. The van der Waals surface area contributed by atoms with Crippen molar-refractivity contribution in [1.29, 1.82) is 0 Å². The molecule has 0 aromatic heterocycles. The molecule has 3 rings (SSSR count). The van der Waals surface area contributed by atoms with Gasteiger partial charge in [-0.15, -0.1) is 0 Å². The Hall–Kier alpha value is -1.31. The van der Waals surface area contributed by atoms with E-state index in [1.165, 1.54) is 82.6 Å². The maximum Gasteiger partial charge on any atom is 0.310 e. The summed E-state index contributed by atoms with van der Waals surface area (Å²) in [6.07, 6.45) is 19.0. The average Bonchev–Trinajstić information content (AvgIpc) is 2.78. The third kappa shape index (κ3) is 7.15. The lowest BCUT2D eigenvalue weighted by molar-refractivity contribution is -0.134. The van der Waals surface area contributed by atoms with Crippen molar-refractivity contribution >= 4 is 5.97 Å². The van der Waals surface area contributed by atoms with Gasteiger partial charge in [0.1, 0.15) is 5.75 Å². The molecule has 2 fully saturated rings. The summed E-state index contributed by atoms with van der Waals surface area (Å²) < 4.78 is 5.27. The minimum absolute atomic E-state index is 0.163. The molecule has 2 aliphatic carbocycles. The Balaban J connectivity index is 1.33. The molecule has 2 aliphatic rings. The van der Waals surface area contributed by atoms with E-state index in [0.717, 1.165) is 30.1 Å². The van der Waals surface area contributed by atoms with Crippen LogP contribution in [0.5, 0.6) is 5.75 Å². The summed E-state index contributed by atoms with van der Waals surface area (Å²) in [5.41, 5.74) is 1.37. The number of hydrogen-bond donors (Lipinski definition) is 0. The standard InChI is InChI=1S/C27H42O2/c1-3-5-6-21-9-15-24(16-10-21)25-17-11-22(12-18-25)7-8-23-13-19-26(20-14-23)29-27(28)4-2/h13-14,19-22,24-25H,3-12,15-18H2,1-2H3/t21-,22-,24-,25-. The molecule has 0 N–H and O–H groups in total. The van der Waals surface area contributed by atoms with Crippen LogP contribution in [0.4, 0.5) is 0 Å². The highest BCUT2D eigenvalue weighted by Crippen LogP contribution is 2.43. The molecule has 0 radical (unpaired) electrons. The highest BCUT2D eigenvalue weighted by molar-refractivity contribution is 5.71. The zero-order valence-corrected chi connectivity index (χ0v) is 18.8. The van der Waals surface area contributed by atoms with Crippen molar-refractivity contribution in [2.24, 2.45) is 23.7 Å². The van der Waals surface area contributed by atoms with Crippen LogP contribution in [0.15, 0.2) is 24.3 Å². The monoisotopic (exact) mass is 398 g/mol. The first kappa shape index (κ1) is 22.4. The van der Waals surface area contributed by atoms with Gasteiger partial charge in [-0.05, 0) is 79.9 Å². The zero-order valence-electron chi connectivity index (χ0n) is 18.8. The second-order valence-corrected chi connectivity index (χ2v) is 9.71. The van der Waals surface area contributed by atoms with Crippen molar-refractivity contribution in [2.75, 3.05) is 0 Å². The number of carbonyl (C=O) groups excluding carboxylic acids is 1. The molecule has 0 unspecified atom stereocenters. The van der Waals surface area contributed by atoms with Gasteiger partial charge in [0.25, 0.3) is 0 Å². The molecule has 1 aromatic rings. The number of ether oxygens (including phenoxy) is 1. The number of unbranched alkanes of at least 4 members (excludes halogenated alkanes) is 1. The Labute approximate surface area is 178 Å². The maximum absolute atomic E-state index is 11.4. The number of aryl methyl sites for hydroxylation is 1. The summed E-state index contributed by atoms with van der Waals surface area (Å²) in [6, 6.07) is 8.13. The van der Waals surface area contributed by atoms with Crippen LogP contribution < -0.4 is 4.74 Å². The van der Waals surface area contributed by atoms with Crippen molar-refractivity contribution in [3.8, 4) is 5.75 Å². The lowest BCUT2D eigenvalue weighted by atomic mass is 9.68. The van der Waals surface area contributed by atoms with Gasteiger partial charge in [-0.1, -0.05) is 70.9 Å². The Morgan fingerprint density at radius 1 is 0.828 bits per heavy atom. The second kappa shape index (κ2) is 11.8. The van der Waals surface area contributed by atoms with E-state index in [2.05, 4.69) is 19.1 Å². The molecule has 1 aromatic carbocycles. The normalized spacial score (nSPS) is 27.5. The first-order valence-electron chi connectivity index (χ1n) is 12.5. The second-order valence-electron chi connectivity index (χ2n) is 9.71. The van der Waals surface area contributed by atoms with Crippen LogP contribution in [-0.4, -0.2) is 5.97 Å². The van der Waals surface area contributed by atoms with Crippen LogP contribution >= 0.6 is 0 Å². The molecule has 0 atom stereocenters. The Bertz CT molecular complexity index is 589. The summed E-state index contributed by atoms with van der Waals surface area (Å²) in [5, 5.41) is 0. The largest absolute Gasteiger partial charge is 0.427 e. The average molecular weight is 399 g/mol. The first-order valence-corrected chi connectivity index (χ1v) is 12.5. The molecular weight excluding hydrogens is 356 g/mol. The molecule has 29 heavy (non-hydrogen) atoms. The molecule has 0 heterocycles. The fourth-order valence-corrected chi connectivity index (χ4v) is 5.69. The molecule has 0 aliphatic heterocycles. The Morgan fingerprint density at radius 2 is 1.38 bits per heavy atom. The predicted molar refractivity (Wildman–Crippen MR) is 121 cm³/mol. The van der Waals surface area contributed by atoms with E-state index in [1.807, 2.05) is 19.1 Å². The zero-order chi connectivity index (χ0) is 20.5. The van der Waals surface area contributed by atoms with Crippen molar-refractivity contribution in [1.82, 2.24) is 0 Å². The topological polar surface area (TPSA) is 26.3 Å². The first-order chi connectivity index (χ1) is 14.2. The Morgan fingerprint density at radius 3 is 1.90 bits per heavy atom. The predicted octanol–water partition coefficient (Wildman–Crippen LogP) is 7.74. The van der Waals surface area contributed by atoms with Crippen LogP contribution in [0.25, 0.3) is 0 Å². The molecule has 0 amide bonds. The minimum atomic E-state index is -0.163. The van der Waals surface area contributed by atoms with Gasteiger partial charge in [-0.25, -0.2) is 0 Å². The third-order valence-corrected chi connectivity index (χ3v) is 7.70. The summed E-state index contributed by atoms with van der Waals surface area (Å²) in [4.78, 5) is 11.4. The van der Waals surface area contributed by atoms with Gasteiger partial charge < -0.3 is 4.74 Å². The van der Waals surface area contributed by atoms with Crippen LogP contribution in [-0.2, 0) is 11.2 Å². The van der Waals surface area contributed by atoms with Crippen molar-refractivity contribution < 1.29 is 9.53 Å². The Kier molecular flexibility index (Phi) is 9.08. The smallest absolute Gasteiger partial charge is 0.310 e. The number of hydrogen-bond acceptors (Lipinski definition) is 2. The van der Waals surface area contributed by atoms with Crippen molar-refractivity contribution in [3.05, 3.63) is 29.8 Å². The molecular formula is C27H42O2. The van der Waals surface area contributed by atoms with Gasteiger partial charge in [-0.2, -0.15) is 0 Å². The molecule has 2 heteroatoms. The SMILES string of the molecule is CCCC[C@H]1CC[C@H]([C@H]2CC[C@H](CCc3ccc(OC(=O)CC)cc3)CC2)CC1. The fraction of sp³-hybridized carbons (Fsp3) is 0.741. The quantitative estimate of drug-likeness (QED) is 0.314. The van der Waals surface area contributed by atoms with Crippen molar-refractivity contribution in [3.63, 3.8) is 0 Å². The molecule has 0 spiro atoms. The minimum Gasteiger partial charge on any atom is -0.427 e. The van der Waals surface area contributed by atoms with Crippen LogP contribution in [0.3, 0.4) is 0 Å². The number of esters is 1. The molecule has 2 saturated carbocycles. The molecule has 162 valence electrons. The number of benzene rings is 1. The van der Waals surface area contributed by atoms with Crippen LogP contribution in [0, 0.1) is 23.7 Å². The maximum atomic E-state index is 11.4. The van der Waals surface area contributed by atoms with Gasteiger partial charge in [0.15, 0.2) is 0 Å². The van der Waals surface area contributed by atoms with Crippen LogP contribution in [0.2, 0.25) is 0 Å². The van der Waals surface area contributed by atoms with Crippen LogP contribution in [0.1, 0.15) is 103 Å². The molecule has 0 bridgehead atoms. The fourth-order valence-electron chi connectivity index (χ4n) is 5.69. The van der Waals surface area contributed by atoms with E-state index in [-0.39, 0.29) is 5.97 Å². The summed E-state index contributed by atoms with van der Waals surface area (Å²) in [7, 11) is 0. The summed E-state index contributed by atoms with van der Waals surface area (Å²) in [5.74, 6) is 4.51. The highest BCUT2D eigenvalue weighted by Gasteiger charge is 2.30. The van der Waals surface area contributed by atoms with Gasteiger partial charge in [0.2, 0.25) is 0 Å². The lowest BCUT2D eigenvalue weighted by Gasteiger charge is -2.38. The van der Waals surface area contributed by atoms with Gasteiger partial charge >= 0.3 is 5.97 Å². The van der Waals surface area contributed by atoms with Crippen molar-refractivity contribution in [2.45, 2.75) is 104 Å². The number of carbonyl (C=O) groups is 1. The van der Waals surface area contributed by atoms with E-state index in [1.54, 1.807) is 0 Å². The van der Waals surface area contributed by atoms with E-state index in [9.17, 15) is 4.79 Å². The molecule has 0 saturated heterocycles. The van der Waals surface area contributed by atoms with E-state index >= 15 is 0 Å². The number of rotatable bonds is 9. The van der Waals surface area contributed by atoms with E-state index in [0.29, 0.717) is 12.2 Å². The molecule has 2 nitrogen and oxygen atoms in total.